The Morgan fingerprint density at radius 1 is 1.28 bits per heavy atom. The molecule has 0 bridgehead atoms. The molecule has 1 atom stereocenters. The van der Waals surface area contributed by atoms with E-state index in [-0.39, 0.29) is 18.6 Å². The van der Waals surface area contributed by atoms with Crippen LogP contribution in [0.2, 0.25) is 0 Å². The first kappa shape index (κ1) is 14.4. The highest BCUT2D eigenvalue weighted by Crippen LogP contribution is 2.08. The summed E-state index contributed by atoms with van der Waals surface area (Å²) in [7, 11) is 1.24. The van der Waals surface area contributed by atoms with Crippen LogP contribution in [0, 0.1) is 0 Å². The normalized spacial score (nSPS) is 11.9. The maximum absolute atomic E-state index is 11.4. The molecular formula is C14H18O4. The van der Waals surface area contributed by atoms with Gasteiger partial charge in [0.2, 0.25) is 0 Å². The van der Waals surface area contributed by atoms with E-state index < -0.39 is 12.1 Å². The van der Waals surface area contributed by atoms with Gasteiger partial charge in [0.05, 0.1) is 13.2 Å². The van der Waals surface area contributed by atoms with Crippen LogP contribution in [0.4, 0.5) is 0 Å². The van der Waals surface area contributed by atoms with Gasteiger partial charge in [0.15, 0.2) is 0 Å². The van der Waals surface area contributed by atoms with Gasteiger partial charge in [-0.25, -0.2) is 0 Å². The van der Waals surface area contributed by atoms with Crippen LogP contribution in [0.25, 0.3) is 0 Å². The van der Waals surface area contributed by atoms with Crippen molar-refractivity contribution in [2.24, 2.45) is 0 Å². The monoisotopic (exact) mass is 250 g/mol. The number of ether oxygens (including phenoxy) is 1. The lowest BCUT2D eigenvalue weighted by Gasteiger charge is -2.09. The van der Waals surface area contributed by atoms with Crippen LogP contribution in [0.15, 0.2) is 30.3 Å². The average Bonchev–Trinajstić information content (AvgIpc) is 2.37. The fourth-order valence-corrected chi connectivity index (χ4v) is 1.65. The van der Waals surface area contributed by atoms with Gasteiger partial charge in [0.1, 0.15) is 12.2 Å². The fourth-order valence-electron chi connectivity index (χ4n) is 1.65. The minimum absolute atomic E-state index is 0.00192. The van der Waals surface area contributed by atoms with Crippen LogP contribution in [-0.4, -0.2) is 30.1 Å². The number of aliphatic hydroxyl groups excluding tert-OH is 1. The van der Waals surface area contributed by atoms with Crippen LogP contribution in [0.5, 0.6) is 0 Å². The number of aryl methyl sites for hydroxylation is 1. The predicted octanol–water partition coefficient (Wildman–Crippen LogP) is 1.50. The zero-order valence-corrected chi connectivity index (χ0v) is 10.5. The third-order valence-electron chi connectivity index (χ3n) is 2.64. The molecule has 0 radical (unpaired) electrons. The molecule has 1 N–H and O–H groups in total. The van der Waals surface area contributed by atoms with E-state index in [1.54, 1.807) is 0 Å². The summed E-state index contributed by atoms with van der Waals surface area (Å²) in [5.41, 5.74) is 1.12. The van der Waals surface area contributed by atoms with Gasteiger partial charge in [-0.2, -0.15) is 0 Å². The van der Waals surface area contributed by atoms with E-state index in [1.165, 1.54) is 7.11 Å². The van der Waals surface area contributed by atoms with E-state index >= 15 is 0 Å². The number of carbonyl (C=O) groups is 2. The molecule has 0 aliphatic carbocycles. The molecule has 0 aromatic heterocycles. The number of hydrogen-bond donors (Lipinski definition) is 1. The molecule has 0 aliphatic heterocycles. The summed E-state index contributed by atoms with van der Waals surface area (Å²) in [4.78, 5) is 22.2. The molecular weight excluding hydrogens is 232 g/mol. The van der Waals surface area contributed by atoms with Gasteiger partial charge in [-0.05, 0) is 18.4 Å². The van der Waals surface area contributed by atoms with E-state index in [2.05, 4.69) is 4.74 Å². The molecule has 18 heavy (non-hydrogen) atoms. The van der Waals surface area contributed by atoms with Crippen LogP contribution in [-0.2, 0) is 20.7 Å². The zero-order chi connectivity index (χ0) is 13.4. The van der Waals surface area contributed by atoms with Crippen molar-refractivity contribution in [2.45, 2.75) is 31.8 Å². The Morgan fingerprint density at radius 2 is 1.94 bits per heavy atom. The topological polar surface area (TPSA) is 63.6 Å². The van der Waals surface area contributed by atoms with Crippen molar-refractivity contribution in [1.29, 1.82) is 0 Å². The maximum atomic E-state index is 11.4. The number of ketones is 1. The second-order valence-electron chi connectivity index (χ2n) is 4.17. The molecule has 0 heterocycles. The van der Waals surface area contributed by atoms with Crippen molar-refractivity contribution < 1.29 is 19.4 Å². The minimum Gasteiger partial charge on any atom is -0.469 e. The number of methoxy groups -OCH3 is 1. The molecule has 1 aromatic rings. The number of hydrogen-bond acceptors (Lipinski definition) is 4. The highest BCUT2D eigenvalue weighted by atomic mass is 16.5. The summed E-state index contributed by atoms with van der Waals surface area (Å²) in [6.45, 7) is 0. The third-order valence-corrected chi connectivity index (χ3v) is 2.64. The Balaban J connectivity index is 2.27. The number of benzene rings is 1. The fraction of sp³-hybridized carbons (Fsp3) is 0.429. The molecule has 4 nitrogen and oxygen atoms in total. The maximum Gasteiger partial charge on any atom is 0.313 e. The van der Waals surface area contributed by atoms with E-state index in [0.717, 1.165) is 5.56 Å². The van der Waals surface area contributed by atoms with Gasteiger partial charge in [-0.1, -0.05) is 30.3 Å². The Hall–Kier alpha value is -1.68. The Labute approximate surface area is 107 Å². The van der Waals surface area contributed by atoms with Crippen molar-refractivity contribution in [3.63, 3.8) is 0 Å². The van der Waals surface area contributed by atoms with Gasteiger partial charge in [0, 0.05) is 6.42 Å². The van der Waals surface area contributed by atoms with Crippen LogP contribution in [0.3, 0.4) is 0 Å². The van der Waals surface area contributed by atoms with Crippen molar-refractivity contribution in [2.75, 3.05) is 7.11 Å². The van der Waals surface area contributed by atoms with Gasteiger partial charge in [-0.3, -0.25) is 9.59 Å². The highest BCUT2D eigenvalue weighted by Gasteiger charge is 2.14. The Bertz CT molecular complexity index is 386. The van der Waals surface area contributed by atoms with Crippen LogP contribution < -0.4 is 0 Å². The molecule has 0 saturated carbocycles. The first-order chi connectivity index (χ1) is 8.61. The first-order valence-electron chi connectivity index (χ1n) is 5.92. The SMILES string of the molecule is COC(=O)CC(=O)CC(O)CCc1ccccc1. The van der Waals surface area contributed by atoms with Crippen molar-refractivity contribution in [1.82, 2.24) is 0 Å². The van der Waals surface area contributed by atoms with Gasteiger partial charge in [0.25, 0.3) is 0 Å². The molecule has 0 spiro atoms. The van der Waals surface area contributed by atoms with Gasteiger partial charge < -0.3 is 9.84 Å². The van der Waals surface area contributed by atoms with E-state index in [1.807, 2.05) is 30.3 Å². The zero-order valence-electron chi connectivity index (χ0n) is 10.5. The number of carbonyl (C=O) groups excluding carboxylic acids is 2. The second-order valence-corrected chi connectivity index (χ2v) is 4.17. The lowest BCUT2D eigenvalue weighted by atomic mass is 10.0. The molecule has 1 aromatic carbocycles. The molecule has 0 amide bonds. The standard InChI is InChI=1S/C14H18O4/c1-18-14(17)10-13(16)9-12(15)8-7-11-5-3-2-4-6-11/h2-6,12,15H,7-10H2,1H3. The van der Waals surface area contributed by atoms with E-state index in [4.69, 9.17) is 0 Å². The lowest BCUT2D eigenvalue weighted by molar-refractivity contribution is -0.143. The molecule has 1 rings (SSSR count). The molecule has 0 aliphatic rings. The summed E-state index contributed by atoms with van der Waals surface area (Å²) in [5.74, 6) is -0.849. The highest BCUT2D eigenvalue weighted by molar-refractivity contribution is 5.95. The van der Waals surface area contributed by atoms with Crippen molar-refractivity contribution >= 4 is 11.8 Å². The first-order valence-corrected chi connectivity index (χ1v) is 5.92. The lowest BCUT2D eigenvalue weighted by Crippen LogP contribution is -2.17. The van der Waals surface area contributed by atoms with E-state index in [0.29, 0.717) is 12.8 Å². The largest absolute Gasteiger partial charge is 0.469 e. The number of esters is 1. The summed E-state index contributed by atoms with van der Waals surface area (Å²) in [5, 5.41) is 9.69. The number of Topliss-reactive ketones (excluding diaryl/α,β-unsaturated/α-hetero) is 1. The van der Waals surface area contributed by atoms with E-state index in [9.17, 15) is 14.7 Å². The minimum atomic E-state index is -0.706. The average molecular weight is 250 g/mol. The Morgan fingerprint density at radius 3 is 2.56 bits per heavy atom. The van der Waals surface area contributed by atoms with Crippen LogP contribution in [0.1, 0.15) is 24.8 Å². The number of aliphatic hydroxyl groups is 1. The smallest absolute Gasteiger partial charge is 0.313 e. The molecule has 98 valence electrons. The van der Waals surface area contributed by atoms with Crippen molar-refractivity contribution in [3.8, 4) is 0 Å². The summed E-state index contributed by atoms with van der Waals surface area (Å²) in [6.07, 6.45) is 0.257. The summed E-state index contributed by atoms with van der Waals surface area (Å²) in [6, 6.07) is 9.75. The summed E-state index contributed by atoms with van der Waals surface area (Å²) >= 11 is 0. The molecule has 4 heteroatoms. The molecule has 0 fully saturated rings. The van der Waals surface area contributed by atoms with Gasteiger partial charge in [-0.15, -0.1) is 0 Å². The quantitative estimate of drug-likeness (QED) is 0.588. The van der Waals surface area contributed by atoms with Gasteiger partial charge >= 0.3 is 5.97 Å². The predicted molar refractivity (Wildman–Crippen MR) is 67.0 cm³/mol. The van der Waals surface area contributed by atoms with Crippen LogP contribution >= 0.6 is 0 Å². The van der Waals surface area contributed by atoms with Crippen molar-refractivity contribution in [3.05, 3.63) is 35.9 Å². The second kappa shape index (κ2) is 7.61. The number of rotatable bonds is 7. The Kier molecular flexibility index (Phi) is 6.08. The third kappa shape index (κ3) is 5.59. The summed E-state index contributed by atoms with van der Waals surface area (Å²) < 4.78 is 4.39. The molecule has 0 saturated heterocycles. The molecule has 1 unspecified atom stereocenters.